The van der Waals surface area contributed by atoms with Gasteiger partial charge in [-0.3, -0.25) is 0 Å². The average Bonchev–Trinajstić information content (AvgIpc) is 2.03. The highest BCUT2D eigenvalue weighted by Gasteiger charge is 2.14. The van der Waals surface area contributed by atoms with Crippen LogP contribution in [-0.2, 0) is 0 Å². The van der Waals surface area contributed by atoms with Crippen LogP contribution in [0.1, 0.15) is 10.4 Å². The Morgan fingerprint density at radius 1 is 1.58 bits per heavy atom. The molecule has 0 saturated heterocycles. The molecule has 0 heterocycles. The number of carboxylic acids is 1. The minimum absolute atomic E-state index is 0.0162. The van der Waals surface area contributed by atoms with Gasteiger partial charge in [0.15, 0.2) is 4.98 Å². The summed E-state index contributed by atoms with van der Waals surface area (Å²) in [7, 11) is 0. The molecule has 0 aliphatic carbocycles. The van der Waals surface area contributed by atoms with Gasteiger partial charge in [0.2, 0.25) is 5.39 Å². The largest absolute Gasteiger partial charge is 0.478 e. The molecule has 0 aromatic heterocycles. The zero-order valence-electron chi connectivity index (χ0n) is 5.86. The summed E-state index contributed by atoms with van der Waals surface area (Å²) in [4.78, 5) is 13.0. The van der Waals surface area contributed by atoms with Crippen LogP contribution < -0.4 is 0 Å². The van der Waals surface area contributed by atoms with Crippen LogP contribution in [0, 0.1) is 11.2 Å². The van der Waals surface area contributed by atoms with Crippen molar-refractivity contribution in [1.29, 1.82) is 5.39 Å². The molecule has 0 saturated carbocycles. The van der Waals surface area contributed by atoms with Gasteiger partial charge in [-0.05, 0) is 6.07 Å². The Morgan fingerprint density at radius 2 is 2.25 bits per heavy atom. The third kappa shape index (κ3) is 1.37. The fraction of sp³-hybridized carbons (Fsp3) is 0. The number of rotatable bonds is 1. The molecular weight excluding hydrogens is 163 g/mol. The first-order chi connectivity index (χ1) is 5.65. The summed E-state index contributed by atoms with van der Waals surface area (Å²) in [6.07, 6.45) is 0. The zero-order valence-corrected chi connectivity index (χ0v) is 5.86. The summed E-state index contributed by atoms with van der Waals surface area (Å²) < 4.78 is 12.7. The van der Waals surface area contributed by atoms with Crippen molar-refractivity contribution >= 4 is 11.7 Å². The monoisotopic (exact) mass is 167 g/mol. The van der Waals surface area contributed by atoms with Gasteiger partial charge in [-0.15, -0.1) is 0 Å². The molecule has 60 valence electrons. The molecule has 1 aromatic rings. The van der Waals surface area contributed by atoms with Crippen LogP contribution in [-0.4, -0.2) is 11.1 Å². The lowest BCUT2D eigenvalue weighted by atomic mass is 10.2. The van der Waals surface area contributed by atoms with Gasteiger partial charge in [0.25, 0.3) is 0 Å². The third-order valence-electron chi connectivity index (χ3n) is 1.30. The number of carbonyl (C=O) groups is 1. The highest BCUT2D eigenvalue weighted by atomic mass is 19.1. The minimum atomic E-state index is -1.35. The molecule has 0 unspecified atom stereocenters. The predicted octanol–water partition coefficient (Wildman–Crippen LogP) is 2.01. The molecule has 0 aliphatic heterocycles. The Kier molecular flexibility index (Phi) is 2.01. The smallest absolute Gasteiger partial charge is 0.388 e. The van der Waals surface area contributed by atoms with E-state index in [9.17, 15) is 9.18 Å². The van der Waals surface area contributed by atoms with E-state index in [-0.39, 0.29) is 5.69 Å². The van der Waals surface area contributed by atoms with Crippen molar-refractivity contribution < 1.29 is 14.3 Å². The zero-order chi connectivity index (χ0) is 9.14. The van der Waals surface area contributed by atoms with Gasteiger partial charge in [0.05, 0.1) is 11.6 Å². The fourth-order valence-electron chi connectivity index (χ4n) is 0.740. The summed E-state index contributed by atoms with van der Waals surface area (Å²) in [5.41, 5.74) is -0.458. The maximum absolute atomic E-state index is 12.7. The van der Waals surface area contributed by atoms with Crippen molar-refractivity contribution in [3.8, 4) is 0 Å². The second-order valence-electron chi connectivity index (χ2n) is 2.07. The molecule has 5 heteroatoms. The lowest BCUT2D eigenvalue weighted by molar-refractivity contribution is 0.0692. The van der Waals surface area contributed by atoms with E-state index in [0.29, 0.717) is 0 Å². The lowest BCUT2D eigenvalue weighted by Crippen LogP contribution is -1.99. The van der Waals surface area contributed by atoms with Crippen LogP contribution in [0.2, 0.25) is 0 Å². The molecule has 0 spiro atoms. The number of benzene rings is 1. The summed E-state index contributed by atoms with van der Waals surface area (Å²) in [6, 6.07) is 3.07. The van der Waals surface area contributed by atoms with Crippen LogP contribution >= 0.6 is 0 Å². The van der Waals surface area contributed by atoms with Crippen molar-refractivity contribution in [2.75, 3.05) is 0 Å². The summed E-state index contributed by atoms with van der Waals surface area (Å²) in [6.45, 7) is 0. The van der Waals surface area contributed by atoms with Crippen LogP contribution in [0.15, 0.2) is 18.2 Å². The molecule has 0 radical (unpaired) electrons. The first-order valence-corrected chi connectivity index (χ1v) is 3.03. The van der Waals surface area contributed by atoms with Crippen LogP contribution in [0.25, 0.3) is 4.98 Å². The maximum Gasteiger partial charge on any atom is 0.388 e. The van der Waals surface area contributed by atoms with Gasteiger partial charge >= 0.3 is 11.7 Å². The third-order valence-corrected chi connectivity index (χ3v) is 1.30. The Labute approximate surface area is 66.9 Å². The molecule has 0 aliphatic rings. The molecule has 1 N–H and O–H groups in total. The predicted molar refractivity (Wildman–Crippen MR) is 38.1 cm³/mol. The second-order valence-corrected chi connectivity index (χ2v) is 2.07. The van der Waals surface area contributed by atoms with Gasteiger partial charge in [0, 0.05) is 6.07 Å². The molecule has 1 aromatic carbocycles. The number of diazo groups is 1. The van der Waals surface area contributed by atoms with Crippen molar-refractivity contribution in [1.82, 2.24) is 0 Å². The molecule has 0 fully saturated rings. The van der Waals surface area contributed by atoms with E-state index in [0.717, 1.165) is 12.1 Å². The SMILES string of the molecule is N#[N+]c1ccc(C(=O)O)c(F)c1. The Balaban J connectivity index is 3.23. The normalized spacial score (nSPS) is 9.00. The molecule has 0 bridgehead atoms. The van der Waals surface area contributed by atoms with E-state index >= 15 is 0 Å². The molecule has 0 atom stereocenters. The molecular formula is C7H4FN2O2+. The summed E-state index contributed by atoms with van der Waals surface area (Å²) in [5, 5.41) is 16.6. The van der Waals surface area contributed by atoms with E-state index in [2.05, 4.69) is 4.98 Å². The van der Waals surface area contributed by atoms with Crippen LogP contribution in [0.4, 0.5) is 10.1 Å². The molecule has 0 amide bonds. The summed E-state index contributed by atoms with van der Waals surface area (Å²) in [5.74, 6) is -2.27. The van der Waals surface area contributed by atoms with Crippen molar-refractivity contribution in [2.45, 2.75) is 0 Å². The maximum atomic E-state index is 12.7. The van der Waals surface area contributed by atoms with Gasteiger partial charge in [-0.1, -0.05) is 0 Å². The molecule has 12 heavy (non-hydrogen) atoms. The van der Waals surface area contributed by atoms with Crippen LogP contribution in [0.5, 0.6) is 0 Å². The Morgan fingerprint density at radius 3 is 2.67 bits per heavy atom. The van der Waals surface area contributed by atoms with Gasteiger partial charge in [0.1, 0.15) is 5.82 Å². The molecule has 4 nitrogen and oxygen atoms in total. The minimum Gasteiger partial charge on any atom is -0.478 e. The first kappa shape index (κ1) is 8.14. The highest BCUT2D eigenvalue weighted by molar-refractivity contribution is 5.88. The average molecular weight is 167 g/mol. The van der Waals surface area contributed by atoms with Gasteiger partial charge in [-0.25, -0.2) is 9.18 Å². The summed E-state index contributed by atoms with van der Waals surface area (Å²) >= 11 is 0. The number of hydrogen-bond donors (Lipinski definition) is 1. The topological polar surface area (TPSA) is 65.5 Å². The second kappa shape index (κ2) is 2.96. The van der Waals surface area contributed by atoms with E-state index in [1.807, 2.05) is 0 Å². The molecule has 1 rings (SSSR count). The van der Waals surface area contributed by atoms with Crippen molar-refractivity contribution in [3.63, 3.8) is 0 Å². The highest BCUT2D eigenvalue weighted by Crippen LogP contribution is 2.16. The van der Waals surface area contributed by atoms with E-state index in [1.54, 1.807) is 0 Å². The number of carboxylic acid groups (broad SMARTS) is 1. The fourth-order valence-corrected chi connectivity index (χ4v) is 0.740. The number of nitrogens with zero attached hydrogens (tertiary/aromatic N) is 2. The Bertz CT molecular complexity index is 370. The Hall–Kier alpha value is -1.96. The van der Waals surface area contributed by atoms with Crippen molar-refractivity contribution in [3.05, 3.63) is 34.6 Å². The van der Waals surface area contributed by atoms with E-state index in [4.69, 9.17) is 10.5 Å². The lowest BCUT2D eigenvalue weighted by Gasteiger charge is -1.91. The van der Waals surface area contributed by atoms with Crippen LogP contribution in [0.3, 0.4) is 0 Å². The van der Waals surface area contributed by atoms with Gasteiger partial charge < -0.3 is 5.11 Å². The first-order valence-electron chi connectivity index (χ1n) is 3.03. The quantitative estimate of drug-likeness (QED) is 0.650. The number of halogens is 1. The van der Waals surface area contributed by atoms with E-state index in [1.165, 1.54) is 6.07 Å². The van der Waals surface area contributed by atoms with Gasteiger partial charge in [-0.2, -0.15) is 0 Å². The number of hydrogen-bond acceptors (Lipinski definition) is 2. The van der Waals surface area contributed by atoms with E-state index < -0.39 is 17.3 Å². The standard InChI is InChI=1S/C7H3FN2O2/c8-6-3-4(10-9)1-2-5(6)7(11)12/h1-3H/p+1. The van der Waals surface area contributed by atoms with Crippen molar-refractivity contribution in [2.24, 2.45) is 0 Å². The number of aromatic carboxylic acids is 1.